The Morgan fingerprint density at radius 2 is 2.14 bits per heavy atom. The molecule has 2 nitrogen and oxygen atoms in total. The maximum absolute atomic E-state index is 5.85. The summed E-state index contributed by atoms with van der Waals surface area (Å²) in [6.45, 7) is 7.83. The minimum Gasteiger partial charge on any atom is -0.475 e. The van der Waals surface area contributed by atoms with Crippen molar-refractivity contribution in [2.24, 2.45) is 4.99 Å². The third-order valence-corrected chi connectivity index (χ3v) is 1.49. The average molecular weight is 216 g/mol. The summed E-state index contributed by atoms with van der Waals surface area (Å²) in [5, 5.41) is 0.473. The van der Waals surface area contributed by atoms with Gasteiger partial charge in [-0.05, 0) is 39.3 Å². The van der Waals surface area contributed by atoms with Gasteiger partial charge in [0.1, 0.15) is 5.16 Å². The Balaban J connectivity index is 4.55. The van der Waals surface area contributed by atoms with Crippen molar-refractivity contribution in [2.45, 2.75) is 40.2 Å². The molecule has 0 unspecified atom stereocenters. The van der Waals surface area contributed by atoms with Crippen molar-refractivity contribution < 1.29 is 4.74 Å². The van der Waals surface area contributed by atoms with Gasteiger partial charge in [0.05, 0.1) is 6.10 Å². The van der Waals surface area contributed by atoms with E-state index in [0.717, 1.165) is 6.42 Å². The monoisotopic (exact) mass is 215 g/mol. The lowest BCUT2D eigenvalue weighted by Crippen LogP contribution is -2.09. The first-order chi connectivity index (χ1) is 6.60. The normalized spacial score (nSPS) is 14.1. The summed E-state index contributed by atoms with van der Waals surface area (Å²) in [6.07, 6.45) is 6.49. The Morgan fingerprint density at radius 1 is 1.50 bits per heavy atom. The Labute approximate surface area is 91.3 Å². The highest BCUT2D eigenvalue weighted by molar-refractivity contribution is 6.30. The highest BCUT2D eigenvalue weighted by atomic mass is 35.5. The molecular formula is C11H18ClNO. The van der Waals surface area contributed by atoms with Gasteiger partial charge in [0.2, 0.25) is 5.90 Å². The number of allylic oxidation sites excluding steroid dienone is 2. The van der Waals surface area contributed by atoms with E-state index < -0.39 is 0 Å². The van der Waals surface area contributed by atoms with Crippen molar-refractivity contribution in [3.8, 4) is 0 Å². The molecule has 0 aromatic heterocycles. The largest absolute Gasteiger partial charge is 0.475 e. The van der Waals surface area contributed by atoms with Crippen molar-refractivity contribution in [1.29, 1.82) is 0 Å². The number of rotatable bonds is 4. The molecule has 0 aliphatic carbocycles. The highest BCUT2D eigenvalue weighted by Crippen LogP contribution is 2.07. The third kappa shape index (κ3) is 6.72. The van der Waals surface area contributed by atoms with Crippen molar-refractivity contribution in [3.63, 3.8) is 0 Å². The lowest BCUT2D eigenvalue weighted by Gasteiger charge is -2.08. The molecule has 0 radical (unpaired) electrons. The van der Waals surface area contributed by atoms with Gasteiger partial charge in [-0.1, -0.05) is 24.6 Å². The Morgan fingerprint density at radius 3 is 2.57 bits per heavy atom. The van der Waals surface area contributed by atoms with E-state index in [2.05, 4.69) is 4.99 Å². The molecule has 0 aromatic carbocycles. The lowest BCUT2D eigenvalue weighted by molar-refractivity contribution is 0.230. The molecule has 80 valence electrons. The summed E-state index contributed by atoms with van der Waals surface area (Å²) in [4.78, 5) is 4.13. The SMILES string of the molecule is C\C=C/C(=N\C(Cl)=C\CC)OC(C)C. The molecule has 0 saturated heterocycles. The average Bonchev–Trinajstić information content (AvgIpc) is 2.03. The van der Waals surface area contributed by atoms with Crippen molar-refractivity contribution in [2.75, 3.05) is 0 Å². The van der Waals surface area contributed by atoms with Gasteiger partial charge in [-0.3, -0.25) is 0 Å². The Hall–Kier alpha value is -0.760. The molecule has 0 spiro atoms. The van der Waals surface area contributed by atoms with Gasteiger partial charge < -0.3 is 4.74 Å². The van der Waals surface area contributed by atoms with E-state index in [1.165, 1.54) is 0 Å². The van der Waals surface area contributed by atoms with E-state index in [1.807, 2.05) is 39.8 Å². The second-order valence-electron chi connectivity index (χ2n) is 3.05. The number of hydrogen-bond donors (Lipinski definition) is 0. The van der Waals surface area contributed by atoms with Crippen molar-refractivity contribution in [3.05, 3.63) is 23.4 Å². The van der Waals surface area contributed by atoms with E-state index in [4.69, 9.17) is 16.3 Å². The number of hydrogen-bond acceptors (Lipinski definition) is 2. The van der Waals surface area contributed by atoms with Gasteiger partial charge in [-0.25, -0.2) is 4.99 Å². The molecule has 3 heteroatoms. The van der Waals surface area contributed by atoms with Crippen LogP contribution < -0.4 is 0 Å². The molecule has 14 heavy (non-hydrogen) atoms. The summed E-state index contributed by atoms with van der Waals surface area (Å²) >= 11 is 5.85. The van der Waals surface area contributed by atoms with Crippen LogP contribution in [0.15, 0.2) is 28.4 Å². The fraction of sp³-hybridized carbons (Fsp3) is 0.545. The molecule has 0 rings (SSSR count). The summed E-state index contributed by atoms with van der Waals surface area (Å²) in [5.74, 6) is 0.553. The molecule has 0 bridgehead atoms. The predicted octanol–water partition coefficient (Wildman–Crippen LogP) is 3.88. The number of aliphatic imine (C=N–C) groups is 1. The van der Waals surface area contributed by atoms with Crippen LogP contribution in [0.5, 0.6) is 0 Å². The first-order valence-corrected chi connectivity index (χ1v) is 5.21. The zero-order valence-electron chi connectivity index (χ0n) is 9.25. The fourth-order valence-corrected chi connectivity index (χ4v) is 1.04. The molecule has 0 aliphatic rings. The molecule has 0 N–H and O–H groups in total. The Bertz CT molecular complexity index is 242. The molecule has 0 aliphatic heterocycles. The van der Waals surface area contributed by atoms with E-state index in [9.17, 15) is 0 Å². The zero-order chi connectivity index (χ0) is 11.0. The standard InChI is InChI=1S/C11H18ClNO/c1-5-7-10(12)13-11(8-6-2)14-9(3)4/h6-9H,5H2,1-4H3/b8-6-,10-7+,13-11+. The summed E-state index contributed by atoms with van der Waals surface area (Å²) in [5.41, 5.74) is 0. The third-order valence-electron chi connectivity index (χ3n) is 1.26. The maximum atomic E-state index is 5.85. The van der Waals surface area contributed by atoms with Crippen LogP contribution in [-0.2, 0) is 4.74 Å². The summed E-state index contributed by atoms with van der Waals surface area (Å²) < 4.78 is 5.45. The van der Waals surface area contributed by atoms with E-state index in [1.54, 1.807) is 6.08 Å². The van der Waals surface area contributed by atoms with E-state index in [0.29, 0.717) is 11.1 Å². The minimum absolute atomic E-state index is 0.107. The summed E-state index contributed by atoms with van der Waals surface area (Å²) in [7, 11) is 0. The van der Waals surface area contributed by atoms with E-state index >= 15 is 0 Å². The van der Waals surface area contributed by atoms with Crippen LogP contribution in [-0.4, -0.2) is 12.0 Å². The van der Waals surface area contributed by atoms with E-state index in [-0.39, 0.29) is 6.10 Å². The van der Waals surface area contributed by atoms with Crippen molar-refractivity contribution in [1.82, 2.24) is 0 Å². The van der Waals surface area contributed by atoms with Crippen LogP contribution in [0.1, 0.15) is 34.1 Å². The molecule has 0 amide bonds. The van der Waals surface area contributed by atoms with Crippen LogP contribution in [0.25, 0.3) is 0 Å². The molecular weight excluding hydrogens is 198 g/mol. The van der Waals surface area contributed by atoms with Crippen LogP contribution in [0.2, 0.25) is 0 Å². The molecule has 0 atom stereocenters. The smallest absolute Gasteiger partial charge is 0.214 e. The lowest BCUT2D eigenvalue weighted by atomic mass is 10.4. The van der Waals surface area contributed by atoms with Crippen LogP contribution in [0.3, 0.4) is 0 Å². The van der Waals surface area contributed by atoms with Crippen molar-refractivity contribution >= 4 is 17.5 Å². The molecule has 0 aromatic rings. The first-order valence-electron chi connectivity index (χ1n) is 4.83. The van der Waals surface area contributed by atoms with Crippen LogP contribution in [0, 0.1) is 0 Å². The predicted molar refractivity (Wildman–Crippen MR) is 62.7 cm³/mol. The van der Waals surface area contributed by atoms with Gasteiger partial charge in [-0.2, -0.15) is 0 Å². The minimum atomic E-state index is 0.107. The second kappa shape index (κ2) is 7.63. The van der Waals surface area contributed by atoms with Gasteiger partial charge in [0, 0.05) is 0 Å². The zero-order valence-corrected chi connectivity index (χ0v) is 10.0. The number of halogens is 1. The summed E-state index contributed by atoms with van der Waals surface area (Å²) in [6, 6.07) is 0. The topological polar surface area (TPSA) is 21.6 Å². The molecule has 0 heterocycles. The van der Waals surface area contributed by atoms with Gasteiger partial charge in [0.15, 0.2) is 0 Å². The molecule has 0 saturated carbocycles. The fourth-order valence-electron chi connectivity index (χ4n) is 0.806. The second-order valence-corrected chi connectivity index (χ2v) is 3.44. The van der Waals surface area contributed by atoms with Crippen LogP contribution in [0.4, 0.5) is 0 Å². The van der Waals surface area contributed by atoms with Gasteiger partial charge >= 0.3 is 0 Å². The quantitative estimate of drug-likeness (QED) is 0.396. The van der Waals surface area contributed by atoms with Gasteiger partial charge in [-0.15, -0.1) is 0 Å². The number of ether oxygens (including phenoxy) is 1. The van der Waals surface area contributed by atoms with Gasteiger partial charge in [0.25, 0.3) is 0 Å². The highest BCUT2D eigenvalue weighted by Gasteiger charge is 1.99. The first kappa shape index (κ1) is 13.2. The Kier molecular flexibility index (Phi) is 7.21. The van der Waals surface area contributed by atoms with Crippen LogP contribution >= 0.6 is 11.6 Å². The maximum Gasteiger partial charge on any atom is 0.214 e. The number of nitrogens with zero attached hydrogens (tertiary/aromatic N) is 1. The molecule has 0 fully saturated rings.